The average Bonchev–Trinajstić information content (AvgIpc) is 2.75. The molecule has 1 aliphatic rings. The molecule has 5 heteroatoms. The van der Waals surface area contributed by atoms with Crippen LogP contribution in [0.3, 0.4) is 0 Å². The van der Waals surface area contributed by atoms with E-state index in [1.807, 2.05) is 0 Å². The lowest BCUT2D eigenvalue weighted by molar-refractivity contribution is 0.638. The van der Waals surface area contributed by atoms with Crippen molar-refractivity contribution in [2.75, 3.05) is 24.5 Å². The molecule has 15 heavy (non-hydrogen) atoms. The molecule has 82 valence electrons. The Hall–Kier alpha value is -0.680. The quantitative estimate of drug-likeness (QED) is 0.903. The maximum absolute atomic E-state index is 4.33. The van der Waals surface area contributed by atoms with Crippen molar-refractivity contribution < 1.29 is 0 Å². The summed E-state index contributed by atoms with van der Waals surface area (Å²) >= 11 is 3.50. The third kappa shape index (κ3) is 2.29. The number of likely N-dealkylation sites (N-methyl/N-ethyl adjacent to an activating group) is 1. The molecule has 1 aromatic heterocycles. The maximum Gasteiger partial charge on any atom is 0.146 e. The van der Waals surface area contributed by atoms with Gasteiger partial charge in [-0.1, -0.05) is 0 Å². The number of anilines is 1. The van der Waals surface area contributed by atoms with E-state index in [-0.39, 0.29) is 0 Å². The SMILES string of the molecule is CCN(c1ncncc1Br)C1CCNC1. The van der Waals surface area contributed by atoms with E-state index in [1.165, 1.54) is 6.42 Å². The zero-order valence-corrected chi connectivity index (χ0v) is 10.4. The highest BCUT2D eigenvalue weighted by atomic mass is 79.9. The van der Waals surface area contributed by atoms with Crippen molar-refractivity contribution in [3.63, 3.8) is 0 Å². The van der Waals surface area contributed by atoms with Crippen LogP contribution in [0.5, 0.6) is 0 Å². The zero-order chi connectivity index (χ0) is 10.7. The monoisotopic (exact) mass is 270 g/mol. The van der Waals surface area contributed by atoms with Gasteiger partial charge in [0, 0.05) is 25.3 Å². The van der Waals surface area contributed by atoms with Gasteiger partial charge >= 0.3 is 0 Å². The number of rotatable bonds is 3. The predicted octanol–water partition coefficient (Wildman–Crippen LogP) is 1.43. The summed E-state index contributed by atoms with van der Waals surface area (Å²) in [5.41, 5.74) is 0. The summed E-state index contributed by atoms with van der Waals surface area (Å²) in [6.45, 7) is 5.28. The topological polar surface area (TPSA) is 41.1 Å². The maximum atomic E-state index is 4.33. The Labute approximate surface area is 98.2 Å². The van der Waals surface area contributed by atoms with Gasteiger partial charge in [-0.25, -0.2) is 9.97 Å². The van der Waals surface area contributed by atoms with Gasteiger partial charge in [0.25, 0.3) is 0 Å². The second kappa shape index (κ2) is 4.90. The van der Waals surface area contributed by atoms with Gasteiger partial charge in [0.05, 0.1) is 4.47 Å². The minimum Gasteiger partial charge on any atom is -0.352 e. The molecule has 0 bridgehead atoms. The molecule has 1 atom stereocenters. The van der Waals surface area contributed by atoms with Crippen LogP contribution in [0.4, 0.5) is 5.82 Å². The molecule has 1 aromatic rings. The Balaban J connectivity index is 2.22. The minimum atomic E-state index is 0.557. The Morgan fingerprint density at radius 2 is 2.53 bits per heavy atom. The summed E-state index contributed by atoms with van der Waals surface area (Å²) in [5, 5.41) is 3.38. The van der Waals surface area contributed by atoms with Crippen LogP contribution < -0.4 is 10.2 Å². The van der Waals surface area contributed by atoms with Crippen molar-refractivity contribution in [2.45, 2.75) is 19.4 Å². The first kappa shape index (κ1) is 10.8. The number of nitrogens with one attached hydrogen (secondary N) is 1. The lowest BCUT2D eigenvalue weighted by atomic mass is 10.2. The van der Waals surface area contributed by atoms with Crippen LogP contribution in [0.15, 0.2) is 17.0 Å². The molecule has 2 rings (SSSR count). The molecule has 0 saturated carbocycles. The molecule has 1 saturated heterocycles. The molecule has 0 spiro atoms. The van der Waals surface area contributed by atoms with E-state index >= 15 is 0 Å². The van der Waals surface area contributed by atoms with Gasteiger partial charge in [-0.15, -0.1) is 0 Å². The van der Waals surface area contributed by atoms with Crippen molar-refractivity contribution in [3.05, 3.63) is 17.0 Å². The minimum absolute atomic E-state index is 0.557. The van der Waals surface area contributed by atoms with Crippen molar-refractivity contribution in [1.29, 1.82) is 0 Å². The predicted molar refractivity (Wildman–Crippen MR) is 64.0 cm³/mol. The van der Waals surface area contributed by atoms with Crippen LogP contribution in [0.1, 0.15) is 13.3 Å². The summed E-state index contributed by atoms with van der Waals surface area (Å²) in [4.78, 5) is 10.6. The van der Waals surface area contributed by atoms with Gasteiger partial charge < -0.3 is 10.2 Å². The molecule has 2 heterocycles. The third-order valence-corrected chi connectivity index (χ3v) is 3.30. The molecule has 0 amide bonds. The highest BCUT2D eigenvalue weighted by molar-refractivity contribution is 9.10. The summed E-state index contributed by atoms with van der Waals surface area (Å²) in [6.07, 6.45) is 4.59. The van der Waals surface area contributed by atoms with E-state index in [2.05, 4.69) is 43.0 Å². The van der Waals surface area contributed by atoms with Crippen LogP contribution in [-0.2, 0) is 0 Å². The highest BCUT2D eigenvalue weighted by Crippen LogP contribution is 2.25. The molecule has 1 aliphatic heterocycles. The summed E-state index contributed by atoms with van der Waals surface area (Å²) < 4.78 is 0.971. The summed E-state index contributed by atoms with van der Waals surface area (Å²) in [7, 11) is 0. The lowest BCUT2D eigenvalue weighted by Gasteiger charge is -2.28. The Morgan fingerprint density at radius 3 is 3.13 bits per heavy atom. The number of aromatic nitrogens is 2. The standard InChI is InChI=1S/C10H15BrN4/c1-2-15(8-3-4-12-5-8)10-9(11)6-13-7-14-10/h6-8,12H,2-5H2,1H3. The van der Waals surface area contributed by atoms with Gasteiger partial charge in [-0.05, 0) is 35.8 Å². The van der Waals surface area contributed by atoms with Gasteiger partial charge in [0.2, 0.25) is 0 Å². The first-order chi connectivity index (χ1) is 7.33. The first-order valence-corrected chi connectivity index (χ1v) is 6.05. The highest BCUT2D eigenvalue weighted by Gasteiger charge is 2.23. The van der Waals surface area contributed by atoms with E-state index in [1.54, 1.807) is 12.5 Å². The van der Waals surface area contributed by atoms with Crippen LogP contribution in [0.25, 0.3) is 0 Å². The van der Waals surface area contributed by atoms with Crippen LogP contribution in [0, 0.1) is 0 Å². The molecular weight excluding hydrogens is 256 g/mol. The fraction of sp³-hybridized carbons (Fsp3) is 0.600. The van der Waals surface area contributed by atoms with Crippen molar-refractivity contribution >= 4 is 21.7 Å². The van der Waals surface area contributed by atoms with E-state index in [9.17, 15) is 0 Å². The molecule has 1 unspecified atom stereocenters. The Morgan fingerprint density at radius 1 is 1.67 bits per heavy atom. The van der Waals surface area contributed by atoms with Crippen LogP contribution in [0.2, 0.25) is 0 Å². The van der Waals surface area contributed by atoms with Gasteiger partial charge in [-0.3, -0.25) is 0 Å². The van der Waals surface area contributed by atoms with Crippen molar-refractivity contribution in [3.8, 4) is 0 Å². The van der Waals surface area contributed by atoms with Crippen LogP contribution >= 0.6 is 15.9 Å². The molecule has 0 aliphatic carbocycles. The molecular formula is C10H15BrN4. The van der Waals surface area contributed by atoms with Crippen molar-refractivity contribution in [2.24, 2.45) is 0 Å². The fourth-order valence-electron chi connectivity index (χ4n) is 2.00. The Kier molecular flexibility index (Phi) is 3.53. The van der Waals surface area contributed by atoms with Gasteiger partial charge in [0.1, 0.15) is 12.1 Å². The fourth-order valence-corrected chi connectivity index (χ4v) is 2.45. The van der Waals surface area contributed by atoms with E-state index < -0.39 is 0 Å². The Bertz CT molecular complexity index is 325. The normalized spacial score (nSPS) is 20.5. The lowest BCUT2D eigenvalue weighted by Crippen LogP contribution is -2.37. The van der Waals surface area contributed by atoms with Gasteiger partial charge in [-0.2, -0.15) is 0 Å². The number of nitrogens with zero attached hydrogens (tertiary/aromatic N) is 3. The number of hydrogen-bond donors (Lipinski definition) is 1. The van der Waals surface area contributed by atoms with E-state index in [0.717, 1.165) is 29.9 Å². The average molecular weight is 271 g/mol. The smallest absolute Gasteiger partial charge is 0.146 e. The zero-order valence-electron chi connectivity index (χ0n) is 8.78. The summed E-state index contributed by atoms with van der Waals surface area (Å²) in [5.74, 6) is 1.00. The van der Waals surface area contributed by atoms with E-state index in [4.69, 9.17) is 0 Å². The van der Waals surface area contributed by atoms with E-state index in [0.29, 0.717) is 6.04 Å². The molecule has 0 aromatic carbocycles. The second-order valence-corrected chi connectivity index (χ2v) is 4.48. The number of hydrogen-bond acceptors (Lipinski definition) is 4. The molecule has 0 radical (unpaired) electrons. The molecule has 1 fully saturated rings. The third-order valence-electron chi connectivity index (χ3n) is 2.74. The summed E-state index contributed by atoms with van der Waals surface area (Å²) in [6, 6.07) is 0.557. The van der Waals surface area contributed by atoms with Crippen LogP contribution in [-0.4, -0.2) is 35.6 Å². The molecule has 4 nitrogen and oxygen atoms in total. The number of halogens is 1. The largest absolute Gasteiger partial charge is 0.352 e. The first-order valence-electron chi connectivity index (χ1n) is 5.25. The molecule has 1 N–H and O–H groups in total. The van der Waals surface area contributed by atoms with Crippen molar-refractivity contribution in [1.82, 2.24) is 15.3 Å². The van der Waals surface area contributed by atoms with Gasteiger partial charge in [0.15, 0.2) is 0 Å². The second-order valence-electron chi connectivity index (χ2n) is 3.63.